The summed E-state index contributed by atoms with van der Waals surface area (Å²) in [7, 11) is 0. The van der Waals surface area contributed by atoms with Crippen molar-refractivity contribution in [2.24, 2.45) is 40.4 Å². The number of carbonyl (C=O) groups is 2. The third-order valence-corrected chi connectivity index (χ3v) is 8.56. The highest BCUT2D eigenvalue weighted by atomic mass is 16.2. The molecule has 3 nitrogen and oxygen atoms in total. The highest BCUT2D eigenvalue weighted by Crippen LogP contribution is 2.61. The molecule has 148 valence electrons. The van der Waals surface area contributed by atoms with Crippen LogP contribution in [0.4, 0.5) is 0 Å². The zero-order valence-corrected chi connectivity index (χ0v) is 17.4. The first kappa shape index (κ1) is 19.0. The van der Waals surface area contributed by atoms with Crippen molar-refractivity contribution in [2.45, 2.75) is 66.2 Å². The van der Waals surface area contributed by atoms with E-state index in [-0.39, 0.29) is 23.0 Å². The van der Waals surface area contributed by atoms with Crippen molar-refractivity contribution in [3.8, 4) is 0 Å². The van der Waals surface area contributed by atoms with E-state index in [0.717, 1.165) is 31.2 Å². The minimum Gasteiger partial charge on any atom is -0.356 e. The van der Waals surface area contributed by atoms with Gasteiger partial charge in [-0.2, -0.15) is 0 Å². The first-order valence-electron chi connectivity index (χ1n) is 11.0. The number of allylic oxidation sites excluding steroid dienone is 4. The summed E-state index contributed by atoms with van der Waals surface area (Å²) in [6, 6.07) is 0. The van der Waals surface area contributed by atoms with Crippen LogP contribution in [0.25, 0.3) is 0 Å². The normalized spacial score (nSPS) is 39.4. The molecule has 3 fully saturated rings. The Balaban J connectivity index is 1.45. The number of amides is 1. The zero-order valence-electron chi connectivity index (χ0n) is 17.4. The van der Waals surface area contributed by atoms with E-state index in [0.29, 0.717) is 23.7 Å². The van der Waals surface area contributed by atoms with Crippen LogP contribution in [-0.4, -0.2) is 18.2 Å². The molecule has 3 heteroatoms. The van der Waals surface area contributed by atoms with Gasteiger partial charge in [-0.25, -0.2) is 0 Å². The molecule has 5 aliphatic rings. The van der Waals surface area contributed by atoms with Crippen LogP contribution in [0.2, 0.25) is 0 Å². The number of nitrogens with one attached hydrogen (secondary N) is 1. The van der Waals surface area contributed by atoms with Crippen LogP contribution in [0.1, 0.15) is 66.2 Å². The highest BCUT2D eigenvalue weighted by Gasteiger charge is 2.54. The van der Waals surface area contributed by atoms with Crippen LogP contribution >= 0.6 is 0 Å². The third kappa shape index (κ3) is 2.93. The molecule has 5 atom stereocenters. The standard InChI is InChI=1S/C24H35NO2/c1-15(2)19-7-8-20(24(19)11-9-18(26)10-12-24)22(27)25-14-16-5-6-17-13-21(16)23(17,3)4/h7,9,11,15-17,20-21H,5-6,8,10,12-14H2,1-4H3,(H,25,27)/t16?,17?,20-,21?,24-/m1/s1. The molecular formula is C24H35NO2. The summed E-state index contributed by atoms with van der Waals surface area (Å²) in [5.41, 5.74) is 1.58. The van der Waals surface area contributed by atoms with E-state index < -0.39 is 0 Å². The molecule has 5 aliphatic carbocycles. The molecule has 0 heterocycles. The zero-order chi connectivity index (χ0) is 19.4. The molecule has 1 spiro atoms. The predicted molar refractivity (Wildman–Crippen MR) is 108 cm³/mol. The fourth-order valence-corrected chi connectivity index (χ4v) is 6.79. The maximum atomic E-state index is 13.2. The van der Waals surface area contributed by atoms with Gasteiger partial charge < -0.3 is 5.32 Å². The number of rotatable bonds is 4. The van der Waals surface area contributed by atoms with Crippen LogP contribution in [-0.2, 0) is 9.59 Å². The van der Waals surface area contributed by atoms with Gasteiger partial charge in [-0.1, -0.05) is 45.4 Å². The van der Waals surface area contributed by atoms with Gasteiger partial charge in [0.1, 0.15) is 0 Å². The number of ketones is 1. The Morgan fingerprint density at radius 2 is 2.07 bits per heavy atom. The first-order valence-corrected chi connectivity index (χ1v) is 11.0. The molecule has 3 saturated carbocycles. The molecule has 0 saturated heterocycles. The Labute approximate surface area is 164 Å². The van der Waals surface area contributed by atoms with Crippen molar-refractivity contribution >= 4 is 11.7 Å². The summed E-state index contributed by atoms with van der Waals surface area (Å²) in [5, 5.41) is 3.34. The lowest BCUT2D eigenvalue weighted by Crippen LogP contribution is -2.55. The number of fused-ring (bicyclic) bond motifs is 2. The van der Waals surface area contributed by atoms with Crippen molar-refractivity contribution in [2.75, 3.05) is 6.54 Å². The van der Waals surface area contributed by atoms with Crippen molar-refractivity contribution in [1.29, 1.82) is 0 Å². The molecule has 0 aromatic rings. The minimum absolute atomic E-state index is 0.0509. The Bertz CT molecular complexity index is 699. The van der Waals surface area contributed by atoms with Crippen molar-refractivity contribution in [3.05, 3.63) is 23.8 Å². The number of hydrogen-bond donors (Lipinski definition) is 1. The van der Waals surface area contributed by atoms with Crippen LogP contribution < -0.4 is 5.32 Å². The van der Waals surface area contributed by atoms with E-state index in [1.165, 1.54) is 24.8 Å². The van der Waals surface area contributed by atoms with Crippen LogP contribution in [0.15, 0.2) is 23.8 Å². The van der Waals surface area contributed by atoms with Gasteiger partial charge in [-0.3, -0.25) is 9.59 Å². The third-order valence-electron chi connectivity index (χ3n) is 8.56. The fraction of sp³-hybridized carbons (Fsp3) is 0.750. The smallest absolute Gasteiger partial charge is 0.224 e. The van der Waals surface area contributed by atoms with Gasteiger partial charge in [0.05, 0.1) is 5.92 Å². The van der Waals surface area contributed by atoms with Gasteiger partial charge in [-0.05, 0) is 67.3 Å². The Kier molecular flexibility index (Phi) is 4.63. The molecule has 1 amide bonds. The molecule has 1 N–H and O–H groups in total. The quantitative estimate of drug-likeness (QED) is 0.731. The van der Waals surface area contributed by atoms with E-state index >= 15 is 0 Å². The van der Waals surface area contributed by atoms with Crippen molar-refractivity contribution in [3.63, 3.8) is 0 Å². The van der Waals surface area contributed by atoms with Crippen molar-refractivity contribution < 1.29 is 9.59 Å². The average Bonchev–Trinajstić information content (AvgIpc) is 3.01. The van der Waals surface area contributed by atoms with Gasteiger partial charge in [-0.15, -0.1) is 0 Å². The van der Waals surface area contributed by atoms with Crippen molar-refractivity contribution in [1.82, 2.24) is 5.32 Å². The SMILES string of the molecule is CC(C)C1=CC[C@H](C(=O)NCC2CCC3CC2C3(C)C)[C@@]12C=CC(=O)CC2. The first-order chi connectivity index (χ1) is 12.8. The summed E-state index contributed by atoms with van der Waals surface area (Å²) < 4.78 is 0. The van der Waals surface area contributed by atoms with Crippen LogP contribution in [0.3, 0.4) is 0 Å². The second-order valence-corrected chi connectivity index (χ2v) is 10.4. The molecule has 3 unspecified atom stereocenters. The monoisotopic (exact) mass is 369 g/mol. The molecule has 0 aliphatic heterocycles. The fourth-order valence-electron chi connectivity index (χ4n) is 6.79. The lowest BCUT2D eigenvalue weighted by atomic mass is 9.45. The topological polar surface area (TPSA) is 46.2 Å². The summed E-state index contributed by atoms with van der Waals surface area (Å²) >= 11 is 0. The second-order valence-electron chi connectivity index (χ2n) is 10.4. The maximum Gasteiger partial charge on any atom is 0.224 e. The largest absolute Gasteiger partial charge is 0.356 e. The predicted octanol–water partition coefficient (Wildman–Crippen LogP) is 4.68. The molecule has 5 rings (SSSR count). The van der Waals surface area contributed by atoms with E-state index in [4.69, 9.17) is 0 Å². The van der Waals surface area contributed by atoms with Gasteiger partial charge in [0.25, 0.3) is 0 Å². The maximum absolute atomic E-state index is 13.2. The molecule has 27 heavy (non-hydrogen) atoms. The molecular weight excluding hydrogens is 334 g/mol. The second kappa shape index (κ2) is 6.60. The highest BCUT2D eigenvalue weighted by molar-refractivity contribution is 5.92. The minimum atomic E-state index is -0.237. The summed E-state index contributed by atoms with van der Waals surface area (Å²) in [6.45, 7) is 10.1. The molecule has 0 aromatic carbocycles. The van der Waals surface area contributed by atoms with Crippen LogP contribution in [0, 0.1) is 40.4 Å². The van der Waals surface area contributed by atoms with Gasteiger partial charge in [0.15, 0.2) is 5.78 Å². The average molecular weight is 370 g/mol. The van der Waals surface area contributed by atoms with E-state index in [2.05, 4.69) is 45.2 Å². The van der Waals surface area contributed by atoms with Gasteiger partial charge >= 0.3 is 0 Å². The summed E-state index contributed by atoms with van der Waals surface area (Å²) in [6.07, 6.45) is 12.1. The summed E-state index contributed by atoms with van der Waals surface area (Å²) in [5.74, 6) is 3.05. The lowest BCUT2D eigenvalue weighted by Gasteiger charge is -2.60. The Morgan fingerprint density at radius 3 is 2.67 bits per heavy atom. The van der Waals surface area contributed by atoms with E-state index in [1.807, 2.05) is 0 Å². The van der Waals surface area contributed by atoms with Crippen LogP contribution in [0.5, 0.6) is 0 Å². The number of carbonyl (C=O) groups excluding carboxylic acids is 2. The Hall–Kier alpha value is -1.38. The molecule has 2 bridgehead atoms. The summed E-state index contributed by atoms with van der Waals surface area (Å²) in [4.78, 5) is 25.0. The van der Waals surface area contributed by atoms with Gasteiger partial charge in [0, 0.05) is 18.4 Å². The Morgan fingerprint density at radius 1 is 1.30 bits per heavy atom. The van der Waals surface area contributed by atoms with Gasteiger partial charge in [0.2, 0.25) is 5.91 Å². The number of hydrogen-bond acceptors (Lipinski definition) is 2. The molecule has 0 radical (unpaired) electrons. The molecule has 0 aromatic heterocycles. The van der Waals surface area contributed by atoms with E-state index in [1.54, 1.807) is 6.08 Å². The van der Waals surface area contributed by atoms with E-state index in [9.17, 15) is 9.59 Å². The lowest BCUT2D eigenvalue weighted by molar-refractivity contribution is -0.131.